The van der Waals surface area contributed by atoms with Gasteiger partial charge in [0.1, 0.15) is 5.82 Å². The van der Waals surface area contributed by atoms with Crippen LogP contribution < -0.4 is 5.32 Å². The van der Waals surface area contributed by atoms with Crippen LogP contribution in [0.2, 0.25) is 0 Å². The first-order valence-corrected chi connectivity index (χ1v) is 4.05. The standard InChI is InChI=1S/C8H12ClN3/c1-6(9)5-10-8-4-7(2)12(3)11-8/h4H,1,5H2,2-3H3,(H,10,11). The predicted octanol–water partition coefficient (Wildman–Crippen LogP) is 1.89. The van der Waals surface area contributed by atoms with E-state index in [0.29, 0.717) is 11.6 Å². The lowest BCUT2D eigenvalue weighted by atomic mass is 10.4. The smallest absolute Gasteiger partial charge is 0.148 e. The van der Waals surface area contributed by atoms with Crippen LogP contribution in [0.3, 0.4) is 0 Å². The minimum absolute atomic E-state index is 0.554. The third kappa shape index (κ3) is 2.27. The molecule has 0 aliphatic heterocycles. The number of anilines is 1. The van der Waals surface area contributed by atoms with Crippen LogP contribution in [0.5, 0.6) is 0 Å². The van der Waals surface area contributed by atoms with Crippen LogP contribution in [-0.4, -0.2) is 16.3 Å². The van der Waals surface area contributed by atoms with Crippen LogP contribution in [0, 0.1) is 6.92 Å². The normalized spacial score (nSPS) is 9.92. The van der Waals surface area contributed by atoms with Gasteiger partial charge in [0.2, 0.25) is 0 Å². The van der Waals surface area contributed by atoms with Gasteiger partial charge in [-0.15, -0.1) is 0 Å². The lowest BCUT2D eigenvalue weighted by molar-refractivity contribution is 0.742. The van der Waals surface area contributed by atoms with Gasteiger partial charge in [-0.05, 0) is 6.92 Å². The van der Waals surface area contributed by atoms with Gasteiger partial charge in [0.05, 0.1) is 6.54 Å². The summed E-state index contributed by atoms with van der Waals surface area (Å²) in [5, 5.41) is 7.81. The van der Waals surface area contributed by atoms with Crippen LogP contribution in [0.4, 0.5) is 5.82 Å². The maximum atomic E-state index is 5.58. The summed E-state index contributed by atoms with van der Waals surface area (Å²) in [6.07, 6.45) is 0. The lowest BCUT2D eigenvalue weighted by Gasteiger charge is -1.98. The monoisotopic (exact) mass is 185 g/mol. The second-order valence-corrected chi connectivity index (χ2v) is 3.20. The van der Waals surface area contributed by atoms with Gasteiger partial charge in [0, 0.05) is 23.8 Å². The van der Waals surface area contributed by atoms with E-state index in [1.165, 1.54) is 0 Å². The lowest BCUT2D eigenvalue weighted by Crippen LogP contribution is -2.01. The van der Waals surface area contributed by atoms with Crippen LogP contribution in [0.25, 0.3) is 0 Å². The first-order valence-electron chi connectivity index (χ1n) is 3.67. The molecule has 1 aromatic heterocycles. The Morgan fingerprint density at radius 3 is 2.92 bits per heavy atom. The van der Waals surface area contributed by atoms with Crippen LogP contribution in [-0.2, 0) is 7.05 Å². The number of aryl methyl sites for hydroxylation is 2. The molecule has 0 aromatic carbocycles. The highest BCUT2D eigenvalue weighted by atomic mass is 35.5. The van der Waals surface area contributed by atoms with E-state index in [0.717, 1.165) is 11.5 Å². The summed E-state index contributed by atoms with van der Waals surface area (Å²) in [5.74, 6) is 0.830. The second kappa shape index (κ2) is 3.63. The molecule has 1 heterocycles. The van der Waals surface area contributed by atoms with Gasteiger partial charge >= 0.3 is 0 Å². The van der Waals surface area contributed by atoms with Gasteiger partial charge in [-0.1, -0.05) is 18.2 Å². The molecule has 0 saturated carbocycles. The van der Waals surface area contributed by atoms with Crippen LogP contribution in [0.15, 0.2) is 17.7 Å². The summed E-state index contributed by atoms with van der Waals surface area (Å²) in [7, 11) is 1.90. The third-order valence-electron chi connectivity index (χ3n) is 1.58. The number of rotatable bonds is 3. The Morgan fingerprint density at radius 2 is 2.50 bits per heavy atom. The maximum Gasteiger partial charge on any atom is 0.148 e. The second-order valence-electron chi connectivity index (χ2n) is 2.67. The highest BCUT2D eigenvalue weighted by Crippen LogP contribution is 2.07. The summed E-state index contributed by atoms with van der Waals surface area (Å²) in [5.41, 5.74) is 1.11. The van der Waals surface area contributed by atoms with Gasteiger partial charge in [0.15, 0.2) is 0 Å². The fourth-order valence-corrected chi connectivity index (χ4v) is 0.900. The Balaban J connectivity index is 2.58. The quantitative estimate of drug-likeness (QED) is 0.780. The van der Waals surface area contributed by atoms with E-state index in [9.17, 15) is 0 Å². The Kier molecular flexibility index (Phi) is 2.76. The zero-order chi connectivity index (χ0) is 9.14. The first kappa shape index (κ1) is 9.13. The fourth-order valence-electron chi connectivity index (χ4n) is 0.833. The van der Waals surface area contributed by atoms with Crippen LogP contribution in [0.1, 0.15) is 5.69 Å². The van der Waals surface area contributed by atoms with Crippen molar-refractivity contribution in [2.75, 3.05) is 11.9 Å². The minimum atomic E-state index is 0.554. The van der Waals surface area contributed by atoms with E-state index in [2.05, 4.69) is 17.0 Å². The number of hydrogen-bond acceptors (Lipinski definition) is 2. The zero-order valence-electron chi connectivity index (χ0n) is 7.26. The van der Waals surface area contributed by atoms with Crippen molar-refractivity contribution in [3.63, 3.8) is 0 Å². The predicted molar refractivity (Wildman–Crippen MR) is 51.4 cm³/mol. The molecule has 0 amide bonds. The van der Waals surface area contributed by atoms with Crippen molar-refractivity contribution < 1.29 is 0 Å². The third-order valence-corrected chi connectivity index (χ3v) is 1.71. The van der Waals surface area contributed by atoms with E-state index in [4.69, 9.17) is 11.6 Å². The Bertz CT molecular complexity index is 271. The number of halogens is 1. The molecule has 12 heavy (non-hydrogen) atoms. The molecule has 1 rings (SSSR count). The molecule has 0 spiro atoms. The summed E-state index contributed by atoms with van der Waals surface area (Å²) >= 11 is 5.58. The van der Waals surface area contributed by atoms with E-state index >= 15 is 0 Å². The van der Waals surface area contributed by atoms with E-state index in [1.54, 1.807) is 4.68 Å². The van der Waals surface area contributed by atoms with Crippen molar-refractivity contribution >= 4 is 17.4 Å². The fraction of sp³-hybridized carbons (Fsp3) is 0.375. The molecule has 1 aromatic rings. The number of nitrogens with zero attached hydrogens (tertiary/aromatic N) is 2. The van der Waals surface area contributed by atoms with Gasteiger partial charge in [-0.25, -0.2) is 0 Å². The van der Waals surface area contributed by atoms with Gasteiger partial charge < -0.3 is 5.32 Å². The van der Waals surface area contributed by atoms with Crippen molar-refractivity contribution in [1.82, 2.24) is 9.78 Å². The Labute approximate surface area is 77.0 Å². The van der Waals surface area contributed by atoms with Crippen molar-refractivity contribution in [2.24, 2.45) is 7.05 Å². The topological polar surface area (TPSA) is 29.9 Å². The van der Waals surface area contributed by atoms with Gasteiger partial charge in [-0.2, -0.15) is 5.10 Å². The molecule has 0 aliphatic rings. The average molecular weight is 186 g/mol. The molecule has 0 unspecified atom stereocenters. The SMILES string of the molecule is C=C(Cl)CNc1cc(C)n(C)n1. The maximum absolute atomic E-state index is 5.58. The molecule has 3 nitrogen and oxygen atoms in total. The number of hydrogen-bond donors (Lipinski definition) is 1. The van der Waals surface area contributed by atoms with Crippen molar-refractivity contribution in [2.45, 2.75) is 6.92 Å². The van der Waals surface area contributed by atoms with Crippen molar-refractivity contribution in [3.05, 3.63) is 23.4 Å². The number of nitrogens with one attached hydrogen (secondary N) is 1. The van der Waals surface area contributed by atoms with Crippen molar-refractivity contribution in [1.29, 1.82) is 0 Å². The van der Waals surface area contributed by atoms with Crippen molar-refractivity contribution in [3.8, 4) is 0 Å². The Hall–Kier alpha value is -0.960. The first-order chi connectivity index (χ1) is 5.59. The molecule has 0 saturated heterocycles. The van der Waals surface area contributed by atoms with E-state index < -0.39 is 0 Å². The molecule has 0 atom stereocenters. The molecule has 0 radical (unpaired) electrons. The summed E-state index contributed by atoms with van der Waals surface area (Å²) < 4.78 is 1.80. The molecule has 4 heteroatoms. The Morgan fingerprint density at radius 1 is 1.83 bits per heavy atom. The van der Waals surface area contributed by atoms with E-state index in [-0.39, 0.29) is 0 Å². The van der Waals surface area contributed by atoms with Gasteiger partial charge in [-0.3, -0.25) is 4.68 Å². The number of aromatic nitrogens is 2. The minimum Gasteiger partial charge on any atom is -0.364 e. The summed E-state index contributed by atoms with van der Waals surface area (Å²) in [6, 6.07) is 1.96. The summed E-state index contributed by atoms with van der Waals surface area (Å²) in [4.78, 5) is 0. The van der Waals surface area contributed by atoms with Gasteiger partial charge in [0.25, 0.3) is 0 Å². The molecule has 0 fully saturated rings. The van der Waals surface area contributed by atoms with Crippen LogP contribution >= 0.6 is 11.6 Å². The molecule has 0 aliphatic carbocycles. The molecular weight excluding hydrogens is 174 g/mol. The highest BCUT2D eigenvalue weighted by Gasteiger charge is 1.99. The average Bonchev–Trinajstić information content (AvgIpc) is 2.28. The molecule has 66 valence electrons. The largest absolute Gasteiger partial charge is 0.364 e. The van der Waals surface area contributed by atoms with E-state index in [1.807, 2.05) is 20.0 Å². The highest BCUT2D eigenvalue weighted by molar-refractivity contribution is 6.29. The molecule has 1 N–H and O–H groups in total. The zero-order valence-corrected chi connectivity index (χ0v) is 8.02. The summed E-state index contributed by atoms with van der Waals surface area (Å²) in [6.45, 7) is 6.12. The molecule has 0 bridgehead atoms. The molecular formula is C8H12ClN3.